The second-order valence-electron chi connectivity index (χ2n) is 2.57. The van der Waals surface area contributed by atoms with Gasteiger partial charge in [0.1, 0.15) is 0 Å². The van der Waals surface area contributed by atoms with Crippen LogP contribution in [0.3, 0.4) is 0 Å². The van der Waals surface area contributed by atoms with E-state index in [-0.39, 0.29) is 10.0 Å². The van der Waals surface area contributed by atoms with Crippen molar-refractivity contribution in [3.8, 4) is 0 Å². The fourth-order valence-corrected chi connectivity index (χ4v) is 1.43. The molecule has 0 aliphatic carbocycles. The number of rotatable bonds is 2. The minimum Gasteiger partial charge on any atom is -0.294 e. The van der Waals surface area contributed by atoms with Crippen LogP contribution in [0.5, 0.6) is 0 Å². The maximum Gasteiger partial charge on any atom is 0.319 e. The number of nitro benzene ring substituents is 1. The molecule has 0 bridgehead atoms. The van der Waals surface area contributed by atoms with Crippen molar-refractivity contribution < 1.29 is 14.1 Å². The summed E-state index contributed by atoms with van der Waals surface area (Å²) in [6, 6.07) is 2.48. The summed E-state index contributed by atoms with van der Waals surface area (Å²) < 4.78 is 13.4. The third-order valence-electron chi connectivity index (χ3n) is 1.63. The molecule has 1 rings (SSSR count). The first-order valence-corrected chi connectivity index (χ1v) is 4.37. The molecule has 74 valence electrons. The Morgan fingerprint density at radius 3 is 2.57 bits per heavy atom. The van der Waals surface area contributed by atoms with Gasteiger partial charge in [-0.1, -0.05) is 0 Å². The van der Waals surface area contributed by atoms with Crippen LogP contribution in [0.2, 0.25) is 0 Å². The monoisotopic (exact) mass is 261 g/mol. The number of nitrogens with zero attached hydrogens (tertiary/aromatic N) is 1. The lowest BCUT2D eigenvalue weighted by atomic mass is 10.1. The predicted octanol–water partition coefficient (Wildman–Crippen LogP) is 2.70. The van der Waals surface area contributed by atoms with E-state index in [1.54, 1.807) is 0 Å². The van der Waals surface area contributed by atoms with Crippen molar-refractivity contribution in [3.63, 3.8) is 0 Å². The van der Waals surface area contributed by atoms with Crippen molar-refractivity contribution in [3.05, 3.63) is 38.1 Å². The molecule has 0 aromatic heterocycles. The van der Waals surface area contributed by atoms with Crippen LogP contribution in [0, 0.1) is 15.9 Å². The number of carbonyl (C=O) groups excluding carboxylic acids is 1. The van der Waals surface area contributed by atoms with Gasteiger partial charge in [0.05, 0.1) is 15.0 Å². The van der Waals surface area contributed by atoms with E-state index in [1.165, 1.54) is 12.1 Å². The molecule has 14 heavy (non-hydrogen) atoms. The van der Waals surface area contributed by atoms with Gasteiger partial charge < -0.3 is 0 Å². The highest BCUT2D eigenvalue weighted by Crippen LogP contribution is 2.29. The Morgan fingerprint density at radius 2 is 2.14 bits per heavy atom. The van der Waals surface area contributed by atoms with Gasteiger partial charge in [0.15, 0.2) is 5.78 Å². The Hall–Kier alpha value is -1.30. The van der Waals surface area contributed by atoms with E-state index in [2.05, 4.69) is 15.9 Å². The first-order valence-electron chi connectivity index (χ1n) is 3.58. The van der Waals surface area contributed by atoms with Crippen LogP contribution in [0.25, 0.3) is 0 Å². The van der Waals surface area contributed by atoms with Crippen molar-refractivity contribution in [2.45, 2.75) is 6.92 Å². The Balaban J connectivity index is 3.49. The highest BCUT2D eigenvalue weighted by Gasteiger charge is 2.23. The summed E-state index contributed by atoms with van der Waals surface area (Å²) in [5, 5.41) is 10.4. The third kappa shape index (κ3) is 1.79. The van der Waals surface area contributed by atoms with Crippen molar-refractivity contribution >= 4 is 27.4 Å². The number of ketones is 1. The van der Waals surface area contributed by atoms with Crippen LogP contribution in [0.15, 0.2) is 16.6 Å². The Bertz CT molecular complexity index is 419. The van der Waals surface area contributed by atoms with Gasteiger partial charge in [-0.05, 0) is 35.0 Å². The maximum atomic E-state index is 13.3. The quantitative estimate of drug-likeness (QED) is 0.467. The van der Waals surface area contributed by atoms with Crippen molar-refractivity contribution in [1.82, 2.24) is 0 Å². The fourth-order valence-electron chi connectivity index (χ4n) is 0.980. The van der Waals surface area contributed by atoms with Crippen LogP contribution in [0.4, 0.5) is 10.1 Å². The summed E-state index contributed by atoms with van der Waals surface area (Å²) >= 11 is 2.84. The van der Waals surface area contributed by atoms with E-state index in [0.29, 0.717) is 0 Å². The zero-order valence-corrected chi connectivity index (χ0v) is 8.67. The van der Waals surface area contributed by atoms with E-state index < -0.39 is 22.2 Å². The maximum absolute atomic E-state index is 13.3. The molecule has 0 spiro atoms. The molecule has 1 aromatic rings. The Kier molecular flexibility index (Phi) is 2.95. The standard InChI is InChI=1S/C8H5BrFNO3/c1-4(12)5-2-3-6(9)8(7(5)10)11(13)14/h2-3H,1H3. The number of hydrogen-bond donors (Lipinski definition) is 0. The summed E-state index contributed by atoms with van der Waals surface area (Å²) in [7, 11) is 0. The molecule has 0 saturated carbocycles. The van der Waals surface area contributed by atoms with Gasteiger partial charge in [-0.3, -0.25) is 14.9 Å². The zero-order chi connectivity index (χ0) is 10.9. The van der Waals surface area contributed by atoms with Gasteiger partial charge in [-0.2, -0.15) is 4.39 Å². The number of halogens is 2. The van der Waals surface area contributed by atoms with Crippen LogP contribution >= 0.6 is 15.9 Å². The lowest BCUT2D eigenvalue weighted by Crippen LogP contribution is -2.02. The van der Waals surface area contributed by atoms with Gasteiger partial charge in [0.25, 0.3) is 0 Å². The molecule has 0 unspecified atom stereocenters. The molecule has 0 saturated heterocycles. The highest BCUT2D eigenvalue weighted by molar-refractivity contribution is 9.10. The van der Waals surface area contributed by atoms with Crippen LogP contribution in [-0.2, 0) is 0 Å². The van der Waals surface area contributed by atoms with Gasteiger partial charge in [0, 0.05) is 0 Å². The molecule has 1 aromatic carbocycles. The number of nitro groups is 1. The number of carbonyl (C=O) groups is 1. The van der Waals surface area contributed by atoms with Gasteiger partial charge in [-0.25, -0.2) is 0 Å². The molecule has 0 fully saturated rings. The minimum atomic E-state index is -1.10. The molecule has 0 radical (unpaired) electrons. The summed E-state index contributed by atoms with van der Waals surface area (Å²) in [6.45, 7) is 1.15. The van der Waals surface area contributed by atoms with Gasteiger partial charge in [0.2, 0.25) is 5.82 Å². The average Bonchev–Trinajstić information content (AvgIpc) is 2.02. The first-order chi connectivity index (χ1) is 6.45. The molecule has 0 aliphatic rings. The fraction of sp³-hybridized carbons (Fsp3) is 0.125. The smallest absolute Gasteiger partial charge is 0.294 e. The first kappa shape index (κ1) is 10.8. The second kappa shape index (κ2) is 3.83. The molecule has 0 heterocycles. The van der Waals surface area contributed by atoms with Gasteiger partial charge >= 0.3 is 5.69 Å². The summed E-state index contributed by atoms with van der Waals surface area (Å²) in [5.74, 6) is -1.64. The SMILES string of the molecule is CC(=O)c1ccc(Br)c([N+](=O)[O-])c1F. The van der Waals surface area contributed by atoms with E-state index in [1.807, 2.05) is 0 Å². The number of benzene rings is 1. The zero-order valence-electron chi connectivity index (χ0n) is 7.08. The summed E-state index contributed by atoms with van der Waals surface area (Å²) in [5.41, 5.74) is -0.988. The Morgan fingerprint density at radius 1 is 1.57 bits per heavy atom. The second-order valence-corrected chi connectivity index (χ2v) is 3.43. The lowest BCUT2D eigenvalue weighted by Gasteiger charge is -2.00. The molecule has 6 heteroatoms. The predicted molar refractivity (Wildman–Crippen MR) is 50.8 cm³/mol. The van der Waals surface area contributed by atoms with Crippen LogP contribution in [-0.4, -0.2) is 10.7 Å². The molecule has 0 aliphatic heterocycles. The van der Waals surface area contributed by atoms with Crippen molar-refractivity contribution in [2.75, 3.05) is 0 Å². The van der Waals surface area contributed by atoms with Gasteiger partial charge in [-0.15, -0.1) is 0 Å². The third-order valence-corrected chi connectivity index (χ3v) is 2.27. The molecule has 0 atom stereocenters. The molecule has 4 nitrogen and oxygen atoms in total. The van der Waals surface area contributed by atoms with E-state index in [4.69, 9.17) is 0 Å². The van der Waals surface area contributed by atoms with Crippen LogP contribution < -0.4 is 0 Å². The number of hydrogen-bond acceptors (Lipinski definition) is 3. The molecular weight excluding hydrogens is 257 g/mol. The largest absolute Gasteiger partial charge is 0.319 e. The number of Topliss-reactive ketones (excluding diaryl/α,β-unsaturated/α-hetero) is 1. The van der Waals surface area contributed by atoms with E-state index >= 15 is 0 Å². The molecule has 0 amide bonds. The van der Waals surface area contributed by atoms with E-state index in [9.17, 15) is 19.3 Å². The van der Waals surface area contributed by atoms with E-state index in [0.717, 1.165) is 6.92 Å². The topological polar surface area (TPSA) is 60.2 Å². The Labute approximate surface area is 87.0 Å². The van der Waals surface area contributed by atoms with Crippen molar-refractivity contribution in [2.24, 2.45) is 0 Å². The van der Waals surface area contributed by atoms with Crippen molar-refractivity contribution in [1.29, 1.82) is 0 Å². The molecular formula is C8H5BrFNO3. The normalized spacial score (nSPS) is 9.93. The lowest BCUT2D eigenvalue weighted by molar-refractivity contribution is -0.388. The minimum absolute atomic E-state index is 0.0185. The van der Waals surface area contributed by atoms with Crippen LogP contribution in [0.1, 0.15) is 17.3 Å². The molecule has 0 N–H and O–H groups in total. The summed E-state index contributed by atoms with van der Waals surface area (Å²) in [6.07, 6.45) is 0. The average molecular weight is 262 g/mol. The highest BCUT2D eigenvalue weighted by atomic mass is 79.9. The summed E-state index contributed by atoms with van der Waals surface area (Å²) in [4.78, 5) is 20.4.